The van der Waals surface area contributed by atoms with Crippen LogP contribution in [-0.2, 0) is 0 Å². The molecule has 0 aromatic heterocycles. The molecule has 1 saturated heterocycles. The number of nitrogens with zero attached hydrogens (tertiary/aromatic N) is 3. The molecule has 1 amide bonds. The predicted molar refractivity (Wildman–Crippen MR) is 141 cm³/mol. The molecule has 5 rings (SSSR count). The summed E-state index contributed by atoms with van der Waals surface area (Å²) in [5.41, 5.74) is 5.05. The Hall–Kier alpha value is -3.15. The number of fused-ring (bicyclic) bond motifs is 1. The Morgan fingerprint density at radius 3 is 2.57 bits per heavy atom. The van der Waals surface area contributed by atoms with Crippen molar-refractivity contribution in [1.29, 1.82) is 0 Å². The van der Waals surface area contributed by atoms with Gasteiger partial charge in [-0.1, -0.05) is 48.0 Å². The number of amides is 1. The van der Waals surface area contributed by atoms with Gasteiger partial charge >= 0.3 is 0 Å². The fraction of sp³-hybridized carbons (Fsp3) is 0.276. The number of benzene rings is 3. The third-order valence-electron chi connectivity index (χ3n) is 7.12. The van der Waals surface area contributed by atoms with Crippen molar-refractivity contribution >= 4 is 35.0 Å². The predicted octanol–water partition coefficient (Wildman–Crippen LogP) is 6.55. The van der Waals surface area contributed by atoms with E-state index in [-0.39, 0.29) is 23.8 Å². The number of hydrogen-bond acceptors (Lipinski definition) is 3. The van der Waals surface area contributed by atoms with Gasteiger partial charge in [-0.25, -0.2) is 4.39 Å². The SMILES string of the molecule is CC(c1ccc(F)cc1Cl)N1CCN(C(=O)c2ccc(N3CC=Cc4ccccc43)cc2)[C@H](C)C1. The molecule has 6 heteroatoms. The molecule has 0 bridgehead atoms. The molecule has 0 spiro atoms. The van der Waals surface area contributed by atoms with Gasteiger partial charge in [0.1, 0.15) is 5.82 Å². The Morgan fingerprint density at radius 2 is 1.83 bits per heavy atom. The minimum Gasteiger partial charge on any atom is -0.337 e. The number of halogens is 2. The second-order valence-electron chi connectivity index (χ2n) is 9.30. The third-order valence-corrected chi connectivity index (χ3v) is 7.45. The Bertz CT molecular complexity index is 1260. The summed E-state index contributed by atoms with van der Waals surface area (Å²) in [4.78, 5) is 19.9. The van der Waals surface area contributed by atoms with Crippen molar-refractivity contribution in [3.8, 4) is 0 Å². The Balaban J connectivity index is 1.26. The van der Waals surface area contributed by atoms with E-state index < -0.39 is 0 Å². The first-order valence-electron chi connectivity index (χ1n) is 12.1. The van der Waals surface area contributed by atoms with E-state index in [1.807, 2.05) is 35.2 Å². The number of carbonyl (C=O) groups excluding carboxylic acids is 1. The van der Waals surface area contributed by atoms with Crippen LogP contribution >= 0.6 is 11.6 Å². The van der Waals surface area contributed by atoms with Gasteiger partial charge in [-0.2, -0.15) is 0 Å². The second-order valence-corrected chi connectivity index (χ2v) is 9.71. The highest BCUT2D eigenvalue weighted by molar-refractivity contribution is 6.31. The molecule has 3 aromatic rings. The van der Waals surface area contributed by atoms with Gasteiger partial charge in [0, 0.05) is 60.2 Å². The van der Waals surface area contributed by atoms with E-state index in [4.69, 9.17) is 11.6 Å². The smallest absolute Gasteiger partial charge is 0.254 e. The highest BCUT2D eigenvalue weighted by Crippen LogP contribution is 2.33. The maximum absolute atomic E-state index is 13.5. The quantitative estimate of drug-likeness (QED) is 0.415. The van der Waals surface area contributed by atoms with Gasteiger partial charge in [0.15, 0.2) is 0 Å². The maximum atomic E-state index is 13.5. The fourth-order valence-electron chi connectivity index (χ4n) is 5.13. The van der Waals surface area contributed by atoms with Gasteiger partial charge in [0.25, 0.3) is 5.91 Å². The molecular weight excluding hydrogens is 461 g/mol. The van der Waals surface area contributed by atoms with Crippen molar-refractivity contribution in [3.05, 3.63) is 100 Å². The van der Waals surface area contributed by atoms with E-state index in [1.54, 1.807) is 6.07 Å². The summed E-state index contributed by atoms with van der Waals surface area (Å²) in [7, 11) is 0. The lowest BCUT2D eigenvalue weighted by molar-refractivity contribution is 0.0406. The van der Waals surface area contributed by atoms with E-state index >= 15 is 0 Å². The van der Waals surface area contributed by atoms with Crippen molar-refractivity contribution in [2.75, 3.05) is 31.1 Å². The summed E-state index contributed by atoms with van der Waals surface area (Å²) < 4.78 is 13.5. The van der Waals surface area contributed by atoms with Gasteiger partial charge in [-0.05, 0) is 67.4 Å². The van der Waals surface area contributed by atoms with Crippen molar-refractivity contribution in [2.45, 2.75) is 25.9 Å². The van der Waals surface area contributed by atoms with Crippen LogP contribution in [0.2, 0.25) is 5.02 Å². The molecular formula is C29H29ClFN3O. The summed E-state index contributed by atoms with van der Waals surface area (Å²) in [5.74, 6) is -0.281. The zero-order valence-electron chi connectivity index (χ0n) is 20.0. The number of hydrogen-bond donors (Lipinski definition) is 0. The third kappa shape index (κ3) is 4.71. The molecule has 2 heterocycles. The van der Waals surface area contributed by atoms with Crippen LogP contribution < -0.4 is 4.90 Å². The molecule has 180 valence electrons. The summed E-state index contributed by atoms with van der Waals surface area (Å²) in [6.07, 6.45) is 4.30. The number of anilines is 2. The van der Waals surface area contributed by atoms with Gasteiger partial charge in [-0.3, -0.25) is 9.69 Å². The summed E-state index contributed by atoms with van der Waals surface area (Å²) >= 11 is 6.30. The molecule has 0 aliphatic carbocycles. The molecule has 2 aliphatic heterocycles. The van der Waals surface area contributed by atoms with E-state index in [1.165, 1.54) is 23.4 Å². The van der Waals surface area contributed by atoms with Crippen LogP contribution in [0.25, 0.3) is 6.08 Å². The Kier molecular flexibility index (Phi) is 6.63. The van der Waals surface area contributed by atoms with Gasteiger partial charge < -0.3 is 9.80 Å². The largest absolute Gasteiger partial charge is 0.337 e. The Labute approximate surface area is 211 Å². The molecule has 0 radical (unpaired) electrons. The van der Waals surface area contributed by atoms with Crippen LogP contribution in [-0.4, -0.2) is 47.9 Å². The van der Waals surface area contributed by atoms with Crippen molar-refractivity contribution in [1.82, 2.24) is 9.80 Å². The lowest BCUT2D eigenvalue weighted by atomic mass is 10.0. The number of piperazine rings is 1. The van der Waals surface area contributed by atoms with Crippen LogP contribution in [0.15, 0.2) is 72.8 Å². The molecule has 2 aliphatic rings. The Morgan fingerprint density at radius 1 is 1.06 bits per heavy atom. The number of para-hydroxylation sites is 1. The normalized spacial score (nSPS) is 18.9. The molecule has 1 fully saturated rings. The molecule has 3 aromatic carbocycles. The minimum absolute atomic E-state index is 0.0450. The molecule has 0 saturated carbocycles. The van der Waals surface area contributed by atoms with Crippen LogP contribution in [0.4, 0.5) is 15.8 Å². The van der Waals surface area contributed by atoms with Gasteiger partial charge in [-0.15, -0.1) is 0 Å². The summed E-state index contributed by atoms with van der Waals surface area (Å²) in [6.45, 7) is 7.06. The fourth-order valence-corrected chi connectivity index (χ4v) is 5.45. The van der Waals surface area contributed by atoms with Gasteiger partial charge in [0.05, 0.1) is 0 Å². The molecule has 1 unspecified atom stereocenters. The lowest BCUT2D eigenvalue weighted by Crippen LogP contribution is -2.54. The average Bonchev–Trinajstić information content (AvgIpc) is 2.87. The first kappa shape index (κ1) is 23.6. The zero-order valence-corrected chi connectivity index (χ0v) is 20.8. The lowest BCUT2D eigenvalue weighted by Gasteiger charge is -2.42. The number of carbonyl (C=O) groups is 1. The second kappa shape index (κ2) is 9.84. The first-order chi connectivity index (χ1) is 16.9. The standard InChI is InChI=1S/C29H29ClFN3O/c1-20-19-32(21(2)26-14-11-24(31)18-27(26)30)16-17-33(20)29(35)23-9-12-25(13-10-23)34-15-5-7-22-6-3-4-8-28(22)34/h3-14,18,20-21H,15-17,19H2,1-2H3/t20-,21?/m1/s1. The van der Waals surface area contributed by atoms with Crippen LogP contribution in [0, 0.1) is 5.82 Å². The summed E-state index contributed by atoms with van der Waals surface area (Å²) in [6, 6.07) is 20.9. The van der Waals surface area contributed by atoms with Crippen LogP contribution in [0.1, 0.15) is 41.4 Å². The topological polar surface area (TPSA) is 26.8 Å². The van der Waals surface area contributed by atoms with Crippen molar-refractivity contribution in [2.24, 2.45) is 0 Å². The van der Waals surface area contributed by atoms with Crippen LogP contribution in [0.3, 0.4) is 0 Å². The minimum atomic E-state index is -0.332. The molecule has 4 nitrogen and oxygen atoms in total. The van der Waals surface area contributed by atoms with E-state index in [0.717, 1.165) is 30.9 Å². The first-order valence-corrected chi connectivity index (χ1v) is 12.4. The van der Waals surface area contributed by atoms with E-state index in [9.17, 15) is 9.18 Å². The highest BCUT2D eigenvalue weighted by Gasteiger charge is 2.31. The van der Waals surface area contributed by atoms with Gasteiger partial charge in [0.2, 0.25) is 0 Å². The van der Waals surface area contributed by atoms with Crippen molar-refractivity contribution in [3.63, 3.8) is 0 Å². The monoisotopic (exact) mass is 489 g/mol. The average molecular weight is 490 g/mol. The van der Waals surface area contributed by atoms with Crippen LogP contribution in [0.5, 0.6) is 0 Å². The highest BCUT2D eigenvalue weighted by atomic mass is 35.5. The molecule has 2 atom stereocenters. The van der Waals surface area contributed by atoms with Crippen molar-refractivity contribution < 1.29 is 9.18 Å². The zero-order chi connectivity index (χ0) is 24.5. The molecule has 35 heavy (non-hydrogen) atoms. The van der Waals surface area contributed by atoms with E-state index in [2.05, 4.69) is 54.0 Å². The maximum Gasteiger partial charge on any atom is 0.254 e. The number of rotatable bonds is 4. The molecule has 0 N–H and O–H groups in total. The summed E-state index contributed by atoms with van der Waals surface area (Å²) in [5, 5.41) is 0.440. The van der Waals surface area contributed by atoms with E-state index in [0.29, 0.717) is 17.1 Å².